The van der Waals surface area contributed by atoms with Gasteiger partial charge >= 0.3 is 0 Å². The molecule has 92 valence electrons. The average Bonchev–Trinajstić information content (AvgIpc) is 2.75. The van der Waals surface area contributed by atoms with E-state index >= 15 is 0 Å². The molecule has 1 aliphatic heterocycles. The number of carbonyl (C=O) groups is 1. The van der Waals surface area contributed by atoms with Crippen LogP contribution in [-0.2, 0) is 11.3 Å². The average molecular weight is 299 g/mol. The number of aliphatic hydroxyl groups excluding tert-OH is 1. The topological polar surface area (TPSA) is 61.4 Å². The number of β-amino-alcohol motifs (C(OH)–C–C–N with tert-alkyl or cyclic N) is 1. The van der Waals surface area contributed by atoms with Gasteiger partial charge in [-0.15, -0.1) is 0 Å². The number of rotatable bonds is 3. The molecule has 0 radical (unpaired) electrons. The first kappa shape index (κ1) is 12.5. The molecule has 1 aromatic carbocycles. The van der Waals surface area contributed by atoms with Gasteiger partial charge in [0.15, 0.2) is 0 Å². The van der Waals surface area contributed by atoms with Gasteiger partial charge in [0.1, 0.15) is 0 Å². The van der Waals surface area contributed by atoms with Crippen LogP contribution in [0.3, 0.4) is 0 Å². The van der Waals surface area contributed by atoms with Crippen LogP contribution in [0.25, 0.3) is 0 Å². The van der Waals surface area contributed by atoms with E-state index in [1.807, 2.05) is 24.3 Å². The second-order valence-corrected chi connectivity index (χ2v) is 5.11. The fourth-order valence-electron chi connectivity index (χ4n) is 1.83. The Hall–Kier alpha value is -0.910. The number of carbonyl (C=O) groups excluding carboxylic acids is 1. The van der Waals surface area contributed by atoms with Crippen molar-refractivity contribution >= 4 is 21.8 Å². The van der Waals surface area contributed by atoms with Crippen LogP contribution in [0.15, 0.2) is 28.7 Å². The monoisotopic (exact) mass is 298 g/mol. The number of benzene rings is 1. The molecular formula is C12H15BrN2O2. The molecule has 2 rings (SSSR count). The van der Waals surface area contributed by atoms with Crippen molar-refractivity contribution in [3.63, 3.8) is 0 Å². The number of hydrogen-bond acceptors (Lipinski definition) is 3. The van der Waals surface area contributed by atoms with Gasteiger partial charge in [-0.25, -0.2) is 0 Å². The summed E-state index contributed by atoms with van der Waals surface area (Å²) < 4.78 is 1.02. The molecule has 4 nitrogen and oxygen atoms in total. The maximum Gasteiger partial charge on any atom is 0.237 e. The molecule has 2 atom stereocenters. The molecule has 0 spiro atoms. The molecule has 1 aliphatic rings. The highest BCUT2D eigenvalue weighted by atomic mass is 79.9. The minimum absolute atomic E-state index is 0.0514. The van der Waals surface area contributed by atoms with Crippen molar-refractivity contribution in [3.05, 3.63) is 34.3 Å². The molecule has 1 heterocycles. The first-order chi connectivity index (χ1) is 8.15. The summed E-state index contributed by atoms with van der Waals surface area (Å²) in [6, 6.07) is 7.54. The minimum atomic E-state index is -0.404. The number of amides is 1. The standard InChI is InChI=1S/C12H15BrN2O2/c13-9-3-1-8(2-4-9)6-15-12(17)11-5-10(16)7-14-11/h1-4,10-11,14,16H,5-7H2,(H,15,17)/t10-,11-/m1/s1. The third-order valence-corrected chi connectivity index (χ3v) is 3.33. The van der Waals surface area contributed by atoms with Crippen LogP contribution >= 0.6 is 15.9 Å². The second-order valence-electron chi connectivity index (χ2n) is 4.19. The van der Waals surface area contributed by atoms with Crippen molar-refractivity contribution in [2.24, 2.45) is 0 Å². The molecule has 0 unspecified atom stereocenters. The van der Waals surface area contributed by atoms with E-state index in [9.17, 15) is 9.90 Å². The summed E-state index contributed by atoms with van der Waals surface area (Å²) >= 11 is 3.36. The quantitative estimate of drug-likeness (QED) is 0.773. The van der Waals surface area contributed by atoms with Crippen LogP contribution in [-0.4, -0.2) is 29.7 Å². The summed E-state index contributed by atoms with van der Waals surface area (Å²) in [7, 11) is 0. The van der Waals surface area contributed by atoms with E-state index in [-0.39, 0.29) is 11.9 Å². The normalized spacial score (nSPS) is 23.6. The van der Waals surface area contributed by atoms with Gasteiger partial charge in [-0.2, -0.15) is 0 Å². The zero-order valence-electron chi connectivity index (χ0n) is 9.32. The second kappa shape index (κ2) is 5.62. The molecule has 0 aromatic heterocycles. The van der Waals surface area contributed by atoms with Gasteiger partial charge in [0.05, 0.1) is 12.1 Å². The summed E-state index contributed by atoms with van der Waals surface area (Å²) in [5.41, 5.74) is 1.06. The SMILES string of the molecule is O=C(NCc1ccc(Br)cc1)[C@H]1C[C@@H](O)CN1. The van der Waals surface area contributed by atoms with E-state index in [0.717, 1.165) is 10.0 Å². The van der Waals surface area contributed by atoms with E-state index in [1.165, 1.54) is 0 Å². The van der Waals surface area contributed by atoms with Gasteiger partial charge < -0.3 is 15.7 Å². The number of aliphatic hydroxyl groups is 1. The molecular weight excluding hydrogens is 284 g/mol. The lowest BCUT2D eigenvalue weighted by Gasteiger charge is -2.11. The maximum atomic E-state index is 11.7. The summed E-state index contributed by atoms with van der Waals surface area (Å²) in [5, 5.41) is 15.2. The van der Waals surface area contributed by atoms with Crippen LogP contribution in [0.5, 0.6) is 0 Å². The van der Waals surface area contributed by atoms with Crippen LogP contribution in [0.2, 0.25) is 0 Å². The van der Waals surface area contributed by atoms with E-state index in [4.69, 9.17) is 0 Å². The first-order valence-corrected chi connectivity index (χ1v) is 6.38. The van der Waals surface area contributed by atoms with Crippen molar-refractivity contribution in [2.45, 2.75) is 25.1 Å². The van der Waals surface area contributed by atoms with Gasteiger partial charge in [0.2, 0.25) is 5.91 Å². The fourth-order valence-corrected chi connectivity index (χ4v) is 2.10. The molecule has 1 saturated heterocycles. The van der Waals surface area contributed by atoms with Crippen LogP contribution in [0.4, 0.5) is 0 Å². The smallest absolute Gasteiger partial charge is 0.237 e. The first-order valence-electron chi connectivity index (χ1n) is 5.59. The Kier molecular flexibility index (Phi) is 4.15. The van der Waals surface area contributed by atoms with Crippen molar-refractivity contribution < 1.29 is 9.90 Å². The van der Waals surface area contributed by atoms with Gasteiger partial charge in [-0.3, -0.25) is 4.79 Å². The molecule has 1 fully saturated rings. The highest BCUT2D eigenvalue weighted by Crippen LogP contribution is 2.11. The largest absolute Gasteiger partial charge is 0.392 e. The number of halogens is 1. The summed E-state index contributed by atoms with van der Waals surface area (Å²) in [6.45, 7) is 1.01. The Morgan fingerprint density at radius 1 is 1.47 bits per heavy atom. The maximum absolute atomic E-state index is 11.7. The Labute approximate surface area is 109 Å². The number of nitrogens with one attached hydrogen (secondary N) is 2. The Balaban J connectivity index is 1.82. The van der Waals surface area contributed by atoms with Crippen LogP contribution < -0.4 is 10.6 Å². The van der Waals surface area contributed by atoms with Crippen molar-refractivity contribution in [1.82, 2.24) is 10.6 Å². The van der Waals surface area contributed by atoms with E-state index in [1.54, 1.807) is 0 Å². The molecule has 0 saturated carbocycles. The highest BCUT2D eigenvalue weighted by molar-refractivity contribution is 9.10. The van der Waals surface area contributed by atoms with Gasteiger partial charge in [-0.1, -0.05) is 28.1 Å². The molecule has 1 amide bonds. The van der Waals surface area contributed by atoms with Crippen LogP contribution in [0, 0.1) is 0 Å². The lowest BCUT2D eigenvalue weighted by molar-refractivity contribution is -0.123. The molecule has 17 heavy (non-hydrogen) atoms. The summed E-state index contributed by atoms with van der Waals surface area (Å²) in [6.07, 6.45) is 0.0880. The van der Waals surface area contributed by atoms with E-state index < -0.39 is 6.10 Å². The molecule has 5 heteroatoms. The van der Waals surface area contributed by atoms with E-state index in [2.05, 4.69) is 26.6 Å². The lowest BCUT2D eigenvalue weighted by Crippen LogP contribution is -2.39. The predicted octanol–water partition coefficient (Wildman–Crippen LogP) is 0.788. The van der Waals surface area contributed by atoms with Crippen molar-refractivity contribution in [1.29, 1.82) is 0 Å². The molecule has 1 aromatic rings. The Bertz CT molecular complexity index is 394. The molecule has 0 aliphatic carbocycles. The zero-order valence-corrected chi connectivity index (χ0v) is 10.9. The third-order valence-electron chi connectivity index (χ3n) is 2.80. The summed E-state index contributed by atoms with van der Waals surface area (Å²) in [4.78, 5) is 11.7. The highest BCUT2D eigenvalue weighted by Gasteiger charge is 2.27. The van der Waals surface area contributed by atoms with Gasteiger partial charge in [0.25, 0.3) is 0 Å². The Morgan fingerprint density at radius 2 is 2.18 bits per heavy atom. The van der Waals surface area contributed by atoms with E-state index in [0.29, 0.717) is 19.5 Å². The van der Waals surface area contributed by atoms with Crippen molar-refractivity contribution in [2.75, 3.05) is 6.54 Å². The van der Waals surface area contributed by atoms with Crippen molar-refractivity contribution in [3.8, 4) is 0 Å². The minimum Gasteiger partial charge on any atom is -0.392 e. The summed E-state index contributed by atoms with van der Waals surface area (Å²) in [5.74, 6) is -0.0514. The van der Waals surface area contributed by atoms with Crippen LogP contribution in [0.1, 0.15) is 12.0 Å². The zero-order chi connectivity index (χ0) is 12.3. The number of hydrogen-bond donors (Lipinski definition) is 3. The fraction of sp³-hybridized carbons (Fsp3) is 0.417. The molecule has 0 bridgehead atoms. The molecule has 3 N–H and O–H groups in total. The Morgan fingerprint density at radius 3 is 2.76 bits per heavy atom. The van der Waals surface area contributed by atoms with Gasteiger partial charge in [0, 0.05) is 17.6 Å². The predicted molar refractivity (Wildman–Crippen MR) is 68.4 cm³/mol. The third kappa shape index (κ3) is 3.52. The van der Waals surface area contributed by atoms with Gasteiger partial charge in [-0.05, 0) is 24.1 Å². The lowest BCUT2D eigenvalue weighted by atomic mass is 10.2.